The molecule has 3 heterocycles. The van der Waals surface area contributed by atoms with Gasteiger partial charge in [0.05, 0.1) is 22.9 Å². The Kier molecular flexibility index (Phi) is 3.99. The third-order valence-corrected chi connectivity index (χ3v) is 5.22. The normalized spacial score (nSPS) is 11.4. The van der Waals surface area contributed by atoms with E-state index in [1.807, 2.05) is 41.4 Å². The molecule has 0 amide bonds. The second kappa shape index (κ2) is 6.21. The summed E-state index contributed by atoms with van der Waals surface area (Å²) in [6, 6.07) is 8.07. The molecule has 1 aromatic carbocycles. The lowest BCUT2D eigenvalue weighted by Crippen LogP contribution is -2.18. The molecule has 4 aromatic rings. The van der Waals surface area contributed by atoms with Gasteiger partial charge in [0, 0.05) is 12.6 Å². The van der Waals surface area contributed by atoms with Crippen LogP contribution < -0.4 is 5.49 Å². The van der Waals surface area contributed by atoms with E-state index in [2.05, 4.69) is 44.0 Å². The zero-order valence-electron chi connectivity index (χ0n) is 14.7. The van der Waals surface area contributed by atoms with E-state index in [0.717, 1.165) is 32.9 Å². The lowest BCUT2D eigenvalue weighted by molar-refractivity contribution is 0.651. The van der Waals surface area contributed by atoms with Gasteiger partial charge in [0.15, 0.2) is 11.1 Å². The van der Waals surface area contributed by atoms with E-state index in [1.165, 1.54) is 0 Å². The maximum absolute atomic E-state index is 8.24. The van der Waals surface area contributed by atoms with Crippen molar-refractivity contribution < 1.29 is 0 Å². The van der Waals surface area contributed by atoms with Gasteiger partial charge in [-0.25, -0.2) is 9.97 Å². The monoisotopic (exact) mass is 411 g/mol. The van der Waals surface area contributed by atoms with E-state index in [4.69, 9.17) is 10.4 Å². The number of imidazole rings is 1. The summed E-state index contributed by atoms with van der Waals surface area (Å²) in [7, 11) is 1.91. The molecule has 0 atom stereocenters. The van der Waals surface area contributed by atoms with Crippen molar-refractivity contribution in [2.75, 3.05) is 0 Å². The highest BCUT2D eigenvalue weighted by atomic mass is 79.9. The van der Waals surface area contributed by atoms with Crippen molar-refractivity contribution in [3.05, 3.63) is 57.5 Å². The van der Waals surface area contributed by atoms with Gasteiger partial charge in [-0.15, -0.1) is 0 Å². The summed E-state index contributed by atoms with van der Waals surface area (Å²) in [4.78, 5) is 12.5. The van der Waals surface area contributed by atoms with Gasteiger partial charge in [-0.05, 0) is 35.3 Å². The maximum Gasteiger partial charge on any atom is 0.174 e. The van der Waals surface area contributed by atoms with Crippen LogP contribution >= 0.6 is 15.9 Å². The Labute approximate surface area is 158 Å². The molecule has 0 fully saturated rings. The number of aromatic amines is 1. The molecule has 0 aliphatic rings. The average Bonchev–Trinajstić information content (AvgIpc) is 3.17. The van der Waals surface area contributed by atoms with Crippen LogP contribution in [0.3, 0.4) is 0 Å². The number of benzene rings is 1. The highest BCUT2D eigenvalue weighted by Gasteiger charge is 2.16. The zero-order valence-corrected chi connectivity index (χ0v) is 16.3. The number of rotatable bonds is 3. The van der Waals surface area contributed by atoms with E-state index in [-0.39, 0.29) is 5.49 Å². The molecular weight excluding hydrogens is 394 g/mol. The summed E-state index contributed by atoms with van der Waals surface area (Å²) in [5.41, 5.74) is 4.71. The fourth-order valence-corrected chi connectivity index (χ4v) is 3.55. The third-order valence-electron chi connectivity index (χ3n) is 4.56. The maximum atomic E-state index is 8.24. The summed E-state index contributed by atoms with van der Waals surface area (Å²) in [6.45, 7) is 4.50. The van der Waals surface area contributed by atoms with Crippen molar-refractivity contribution in [1.29, 1.82) is 5.41 Å². The topological polar surface area (TPSA) is 88.2 Å². The quantitative estimate of drug-likeness (QED) is 0.542. The first-order valence-corrected chi connectivity index (χ1v) is 8.99. The summed E-state index contributed by atoms with van der Waals surface area (Å²) in [5.74, 6) is 1.48. The van der Waals surface area contributed by atoms with Crippen LogP contribution in [0, 0.1) is 19.3 Å². The van der Waals surface area contributed by atoms with Crippen LogP contribution in [0.4, 0.5) is 0 Å². The van der Waals surface area contributed by atoms with Crippen LogP contribution in [0.2, 0.25) is 0 Å². The van der Waals surface area contributed by atoms with Crippen molar-refractivity contribution in [2.24, 2.45) is 7.05 Å². The molecule has 132 valence electrons. The number of hydrogen-bond acceptors (Lipinski definition) is 4. The molecule has 3 aromatic heterocycles. The number of halogens is 1. The van der Waals surface area contributed by atoms with Crippen LogP contribution in [-0.4, -0.2) is 29.3 Å². The lowest BCUT2D eigenvalue weighted by atomic mass is 10.1. The second-order valence-electron chi connectivity index (χ2n) is 6.26. The fraction of sp³-hybridized carbons (Fsp3) is 0.222. The minimum absolute atomic E-state index is 0.199. The Morgan fingerprint density at radius 2 is 1.96 bits per heavy atom. The molecule has 26 heavy (non-hydrogen) atoms. The number of aryl methyl sites for hydroxylation is 3. The van der Waals surface area contributed by atoms with Gasteiger partial charge >= 0.3 is 0 Å². The van der Waals surface area contributed by atoms with Gasteiger partial charge in [0.2, 0.25) is 0 Å². The number of fused-ring (bicyclic) bond motifs is 1. The first kappa shape index (κ1) is 16.7. The lowest BCUT2D eigenvalue weighted by Gasteiger charge is -2.11. The molecule has 0 saturated carbocycles. The molecule has 0 unspecified atom stereocenters. The SMILES string of the molecule is Cc1ccccc1-c1nc2c([nH]1)c(=N)nc(C)n2Cc1c(Br)cnn1C. The highest BCUT2D eigenvalue weighted by molar-refractivity contribution is 9.10. The minimum Gasteiger partial charge on any atom is -0.334 e. The molecule has 0 aliphatic heterocycles. The highest BCUT2D eigenvalue weighted by Crippen LogP contribution is 2.24. The number of H-pyrrole nitrogens is 1. The second-order valence-corrected chi connectivity index (χ2v) is 7.11. The number of aromatic nitrogens is 6. The molecular formula is C18H18BrN7. The molecule has 0 radical (unpaired) electrons. The van der Waals surface area contributed by atoms with Gasteiger partial charge in [-0.3, -0.25) is 10.1 Å². The predicted molar refractivity (Wildman–Crippen MR) is 103 cm³/mol. The van der Waals surface area contributed by atoms with E-state index >= 15 is 0 Å². The Morgan fingerprint density at radius 3 is 2.65 bits per heavy atom. The van der Waals surface area contributed by atoms with Crippen molar-refractivity contribution in [3.8, 4) is 11.4 Å². The van der Waals surface area contributed by atoms with Gasteiger partial charge in [0.1, 0.15) is 17.2 Å². The largest absolute Gasteiger partial charge is 0.334 e. The Bertz CT molecular complexity index is 1160. The van der Waals surface area contributed by atoms with Gasteiger partial charge in [-0.2, -0.15) is 5.10 Å². The van der Waals surface area contributed by atoms with E-state index < -0.39 is 0 Å². The average molecular weight is 412 g/mol. The van der Waals surface area contributed by atoms with Crippen LogP contribution in [0.5, 0.6) is 0 Å². The summed E-state index contributed by atoms with van der Waals surface area (Å²) < 4.78 is 4.77. The molecule has 0 bridgehead atoms. The van der Waals surface area contributed by atoms with Crippen LogP contribution in [0.25, 0.3) is 22.6 Å². The Morgan fingerprint density at radius 1 is 1.19 bits per heavy atom. The van der Waals surface area contributed by atoms with Gasteiger partial charge in [-0.1, -0.05) is 24.3 Å². The van der Waals surface area contributed by atoms with Gasteiger partial charge in [0.25, 0.3) is 0 Å². The molecule has 0 spiro atoms. The first-order valence-electron chi connectivity index (χ1n) is 8.20. The van der Waals surface area contributed by atoms with E-state index in [0.29, 0.717) is 17.7 Å². The Hall–Kier alpha value is -2.74. The minimum atomic E-state index is 0.199. The molecule has 2 N–H and O–H groups in total. The van der Waals surface area contributed by atoms with Crippen molar-refractivity contribution in [2.45, 2.75) is 20.4 Å². The molecule has 4 rings (SSSR count). The van der Waals surface area contributed by atoms with E-state index in [1.54, 1.807) is 6.20 Å². The predicted octanol–water partition coefficient (Wildman–Crippen LogP) is 3.07. The van der Waals surface area contributed by atoms with Crippen LogP contribution in [-0.2, 0) is 13.6 Å². The number of hydrogen-bond donors (Lipinski definition) is 2. The van der Waals surface area contributed by atoms with Crippen molar-refractivity contribution >= 4 is 27.1 Å². The van der Waals surface area contributed by atoms with Crippen molar-refractivity contribution in [3.63, 3.8) is 0 Å². The zero-order chi connectivity index (χ0) is 18.4. The molecule has 0 saturated heterocycles. The number of nitrogens with one attached hydrogen (secondary N) is 2. The van der Waals surface area contributed by atoms with Crippen LogP contribution in [0.15, 0.2) is 34.9 Å². The van der Waals surface area contributed by atoms with E-state index in [9.17, 15) is 0 Å². The smallest absolute Gasteiger partial charge is 0.174 e. The first-order chi connectivity index (χ1) is 12.5. The summed E-state index contributed by atoms with van der Waals surface area (Å²) in [5, 5.41) is 12.5. The number of nitrogens with zero attached hydrogens (tertiary/aromatic N) is 5. The molecule has 7 nitrogen and oxygen atoms in total. The fourth-order valence-electron chi connectivity index (χ4n) is 3.07. The third kappa shape index (κ3) is 2.66. The Balaban J connectivity index is 1.94. The molecule has 8 heteroatoms. The summed E-state index contributed by atoms with van der Waals surface area (Å²) in [6.07, 6.45) is 1.78. The van der Waals surface area contributed by atoms with Crippen LogP contribution in [0.1, 0.15) is 17.1 Å². The standard InChI is InChI=1S/C18H18BrN7/c1-10-6-4-5-7-12(10)17-23-15-16(20)22-11(2)26(18(15)24-17)9-14-13(19)8-21-25(14)3/h4-8,20H,9H2,1-3H3,(H,23,24). The summed E-state index contributed by atoms with van der Waals surface area (Å²) >= 11 is 3.55. The van der Waals surface area contributed by atoms with Crippen molar-refractivity contribution in [1.82, 2.24) is 29.3 Å². The molecule has 0 aliphatic carbocycles. The van der Waals surface area contributed by atoms with Gasteiger partial charge < -0.3 is 9.55 Å².